The number of nitrogens with zero attached hydrogens (tertiary/aromatic N) is 2. The first-order valence-electron chi connectivity index (χ1n) is 14.7. The predicted octanol–water partition coefficient (Wildman–Crippen LogP) is 10.8. The molecule has 0 aliphatic carbocycles. The summed E-state index contributed by atoms with van der Waals surface area (Å²) in [5.41, 5.74) is -17.5. The number of likely N-dealkylation sites (tertiary alicyclic amines) is 1. The van der Waals surface area contributed by atoms with E-state index in [4.69, 9.17) is 11.6 Å². The van der Waals surface area contributed by atoms with Crippen molar-refractivity contribution in [2.75, 3.05) is 18.4 Å². The largest absolute Gasteiger partial charge is 0.435 e. The van der Waals surface area contributed by atoms with Crippen LogP contribution in [0, 0.1) is 11.2 Å². The number of thiazole rings is 1. The molecule has 2 amide bonds. The van der Waals surface area contributed by atoms with Gasteiger partial charge in [-0.1, -0.05) is 23.7 Å². The topological polar surface area (TPSA) is 62.3 Å². The number of halogens is 19. The summed E-state index contributed by atoms with van der Waals surface area (Å²) in [4.78, 5) is 28.9. The highest BCUT2D eigenvalue weighted by atomic mass is 35.5. The van der Waals surface area contributed by atoms with Crippen LogP contribution in [0.4, 0.5) is 84.7 Å². The maximum atomic E-state index is 15.2. The van der Waals surface area contributed by atoms with Crippen molar-refractivity contribution in [3.05, 3.63) is 69.4 Å². The molecule has 0 saturated carbocycles. The summed E-state index contributed by atoms with van der Waals surface area (Å²) in [5.74, 6) is -23.4. The number of carbonyl (C=O) groups excluding carboxylic acids is 2. The van der Waals surface area contributed by atoms with Gasteiger partial charge in [0.25, 0.3) is 11.8 Å². The average molecular weight is 862 g/mol. The van der Waals surface area contributed by atoms with Crippen molar-refractivity contribution in [3.8, 4) is 11.1 Å². The third-order valence-electron chi connectivity index (χ3n) is 8.54. The van der Waals surface area contributed by atoms with E-state index in [2.05, 4.69) is 10.3 Å². The van der Waals surface area contributed by atoms with E-state index < -0.39 is 102 Å². The second kappa shape index (κ2) is 14.2. The van der Waals surface area contributed by atoms with Crippen molar-refractivity contribution in [2.24, 2.45) is 5.41 Å². The summed E-state index contributed by atoms with van der Waals surface area (Å²) in [6.45, 7) is -2.58. The molecule has 1 N–H and O–H groups in total. The van der Waals surface area contributed by atoms with E-state index in [1.807, 2.05) is 0 Å². The van der Waals surface area contributed by atoms with E-state index in [1.165, 1.54) is 30.3 Å². The summed E-state index contributed by atoms with van der Waals surface area (Å²) in [6, 6.07) is 9.23. The molecule has 0 bridgehead atoms. The fourth-order valence-corrected chi connectivity index (χ4v) is 6.86. The predicted molar refractivity (Wildman–Crippen MR) is 156 cm³/mol. The Hall–Kier alpha value is -3.96. The van der Waals surface area contributed by atoms with Crippen LogP contribution < -0.4 is 5.32 Å². The van der Waals surface area contributed by atoms with Gasteiger partial charge < -0.3 is 10.2 Å². The minimum atomic E-state index is -9.23. The van der Waals surface area contributed by atoms with Crippen LogP contribution >= 0.6 is 22.9 Å². The molecule has 0 spiro atoms. The number of rotatable bonds is 8. The van der Waals surface area contributed by atoms with Crippen molar-refractivity contribution in [2.45, 2.75) is 61.0 Å². The van der Waals surface area contributed by atoms with E-state index in [0.717, 1.165) is 17.5 Å². The van der Waals surface area contributed by atoms with Crippen molar-refractivity contribution < 1.29 is 88.6 Å². The summed E-state index contributed by atoms with van der Waals surface area (Å²) >= 11 is 6.57. The molecule has 5 nitrogen and oxygen atoms in total. The normalized spacial score (nSPS) is 16.9. The lowest BCUT2D eigenvalue weighted by Gasteiger charge is -2.50. The fraction of sp³-hybridized carbons (Fsp3) is 0.433. The lowest BCUT2D eigenvalue weighted by atomic mass is 9.68. The molecule has 1 aliphatic heterocycles. The molecule has 0 radical (unpaired) electrons. The Morgan fingerprint density at radius 1 is 0.745 bits per heavy atom. The first-order valence-corrected chi connectivity index (χ1v) is 16.0. The van der Waals surface area contributed by atoms with Gasteiger partial charge >= 0.3 is 47.6 Å². The lowest BCUT2D eigenvalue weighted by molar-refractivity contribution is -0.509. The van der Waals surface area contributed by atoms with Gasteiger partial charge in [-0.2, -0.15) is 61.5 Å². The molecule has 2 heterocycles. The van der Waals surface area contributed by atoms with Gasteiger partial charge in [-0.15, -0.1) is 11.3 Å². The van der Waals surface area contributed by atoms with E-state index >= 15 is 13.2 Å². The van der Waals surface area contributed by atoms with Crippen LogP contribution in [-0.4, -0.2) is 77.0 Å². The molecule has 3 aromatic rings. The molecule has 55 heavy (non-hydrogen) atoms. The number of hydrogen-bond donors (Lipinski definition) is 1. The Bertz CT molecular complexity index is 1860. The Labute approximate surface area is 304 Å². The van der Waals surface area contributed by atoms with Crippen LogP contribution in [0.1, 0.15) is 34.3 Å². The number of benzene rings is 2. The van der Waals surface area contributed by atoms with Crippen LogP contribution in [-0.2, 0) is 4.79 Å². The summed E-state index contributed by atoms with van der Waals surface area (Å²) < 4.78 is 250. The Balaban J connectivity index is 1.58. The van der Waals surface area contributed by atoms with Gasteiger partial charge in [0.15, 0.2) is 0 Å². The summed E-state index contributed by atoms with van der Waals surface area (Å²) in [7, 11) is 0. The number of alkyl halides is 17. The minimum Gasteiger partial charge on any atom is -0.337 e. The molecule has 25 heteroatoms. The molecule has 1 atom stereocenters. The van der Waals surface area contributed by atoms with E-state index in [0.29, 0.717) is 21.9 Å². The first kappa shape index (κ1) is 43.8. The summed E-state index contributed by atoms with van der Waals surface area (Å²) in [5, 5.41) is 3.91. The molecule has 2 aromatic carbocycles. The highest BCUT2D eigenvalue weighted by molar-refractivity contribution is 7.10. The molecule has 1 unspecified atom stereocenters. The summed E-state index contributed by atoms with van der Waals surface area (Å²) in [6.07, 6.45) is -35.7. The average Bonchev–Trinajstić information content (AvgIpc) is 3.53. The number of nitrogens with one attached hydrogen (secondary N) is 1. The van der Waals surface area contributed by atoms with Crippen LogP contribution in [0.15, 0.2) is 47.8 Å². The van der Waals surface area contributed by atoms with Crippen LogP contribution in [0.25, 0.3) is 11.1 Å². The molecule has 1 aromatic heterocycles. The standard InChI is InChI=1S/C30H18ClF18N3O2S/c31-15-3-1-13(2-4-15)17-11-16(32)5-6-18(17)50-20(53)19-12-55-21(51-19)14-7-9-52(10-8-14)22(54)23(33,34)25(35,30(47,48)49)26(36,37)24(27(38,39)40,28(41,42)43)29(44,45)46/h1-6,11-12,14H,7-10H2,(H,50,53). The monoisotopic (exact) mass is 861 g/mol. The van der Waals surface area contributed by atoms with Crippen molar-refractivity contribution >= 4 is 40.4 Å². The molecular formula is C30H18ClF18N3O2S. The van der Waals surface area contributed by atoms with Crippen molar-refractivity contribution in [3.63, 3.8) is 0 Å². The second-order valence-electron chi connectivity index (χ2n) is 11.8. The lowest BCUT2D eigenvalue weighted by Crippen LogP contribution is -2.81. The highest BCUT2D eigenvalue weighted by Gasteiger charge is 3.02. The maximum absolute atomic E-state index is 15.2. The van der Waals surface area contributed by atoms with Gasteiger partial charge in [-0.25, -0.2) is 22.5 Å². The SMILES string of the molecule is O=C(Nc1ccc(F)cc1-c1ccc(Cl)cc1)c1csc(C2CCN(C(=O)C(F)(F)C(F)(C(F)(F)F)C(F)(F)C(C(F)(F)F)(C(F)(F)F)C(F)(F)F)CC2)n1. The Morgan fingerprint density at radius 3 is 1.73 bits per heavy atom. The zero-order chi connectivity index (χ0) is 42.0. The van der Waals surface area contributed by atoms with E-state index in [-0.39, 0.29) is 22.0 Å². The van der Waals surface area contributed by atoms with Crippen molar-refractivity contribution in [1.82, 2.24) is 9.88 Å². The number of anilines is 1. The molecular weight excluding hydrogens is 844 g/mol. The number of aromatic nitrogens is 1. The van der Waals surface area contributed by atoms with Gasteiger partial charge in [0, 0.05) is 40.7 Å². The second-order valence-corrected chi connectivity index (χ2v) is 13.2. The highest BCUT2D eigenvalue weighted by Crippen LogP contribution is 2.72. The zero-order valence-corrected chi connectivity index (χ0v) is 27.9. The first-order chi connectivity index (χ1) is 24.9. The van der Waals surface area contributed by atoms with Crippen LogP contribution in [0.5, 0.6) is 0 Å². The quantitative estimate of drug-likeness (QED) is 0.230. The molecule has 1 saturated heterocycles. The van der Waals surface area contributed by atoms with Crippen molar-refractivity contribution in [1.29, 1.82) is 0 Å². The smallest absolute Gasteiger partial charge is 0.337 e. The van der Waals surface area contributed by atoms with Crippen LogP contribution in [0.2, 0.25) is 5.02 Å². The number of amides is 2. The maximum Gasteiger partial charge on any atom is 0.435 e. The molecule has 1 fully saturated rings. The Morgan fingerprint density at radius 2 is 1.25 bits per heavy atom. The third kappa shape index (κ3) is 7.16. The number of piperidine rings is 1. The van der Waals surface area contributed by atoms with E-state index in [1.54, 1.807) is 0 Å². The van der Waals surface area contributed by atoms with Gasteiger partial charge in [0.05, 0.1) is 5.01 Å². The Kier molecular flexibility index (Phi) is 11.3. The molecule has 1 aliphatic rings. The zero-order valence-electron chi connectivity index (χ0n) is 26.3. The van der Waals surface area contributed by atoms with E-state index in [9.17, 15) is 75.4 Å². The van der Waals surface area contributed by atoms with Gasteiger partial charge in [-0.3, -0.25) is 9.59 Å². The van der Waals surface area contributed by atoms with Gasteiger partial charge in [0.2, 0.25) is 0 Å². The minimum absolute atomic E-state index is 0.0342. The molecule has 4 rings (SSSR count). The molecule has 304 valence electrons. The van der Waals surface area contributed by atoms with Crippen LogP contribution in [0.3, 0.4) is 0 Å². The fourth-order valence-electron chi connectivity index (χ4n) is 5.76. The van der Waals surface area contributed by atoms with Gasteiger partial charge in [0.1, 0.15) is 11.5 Å². The van der Waals surface area contributed by atoms with Gasteiger partial charge in [-0.05, 0) is 48.7 Å². The number of carbonyl (C=O) groups is 2. The number of hydrogen-bond acceptors (Lipinski definition) is 4. The third-order valence-corrected chi connectivity index (χ3v) is 9.80.